The Morgan fingerprint density at radius 2 is 1.86 bits per heavy atom. The topological polar surface area (TPSA) is 89.5 Å². The fourth-order valence-corrected chi connectivity index (χ4v) is 1.90. The maximum Gasteiger partial charge on any atom is 0.293 e. The van der Waals surface area contributed by atoms with E-state index in [4.69, 9.17) is 5.73 Å². The zero-order valence-electron chi connectivity index (χ0n) is 11.1. The van der Waals surface area contributed by atoms with Crippen molar-refractivity contribution in [1.29, 1.82) is 0 Å². The van der Waals surface area contributed by atoms with Crippen molar-refractivity contribution in [3.63, 3.8) is 0 Å². The van der Waals surface area contributed by atoms with Gasteiger partial charge in [0.05, 0.1) is 4.92 Å². The van der Waals surface area contributed by atoms with Gasteiger partial charge in [0.2, 0.25) is 0 Å². The molecule has 6 nitrogen and oxygen atoms in total. The molecule has 0 fully saturated rings. The van der Waals surface area contributed by atoms with Gasteiger partial charge < -0.3 is 10.6 Å². The molecule has 0 bridgehead atoms. The molecule has 0 heterocycles. The molecule has 0 aliphatic heterocycles. The van der Waals surface area contributed by atoms with Crippen molar-refractivity contribution in [1.82, 2.24) is 0 Å². The summed E-state index contributed by atoms with van der Waals surface area (Å²) in [6.45, 7) is 0. The number of carbonyl (C=O) groups is 1. The fourth-order valence-electron chi connectivity index (χ4n) is 1.90. The largest absolute Gasteiger partial charge is 0.392 e. The third-order valence-corrected chi connectivity index (χ3v) is 3.03. The summed E-state index contributed by atoms with van der Waals surface area (Å²) >= 11 is 0. The van der Waals surface area contributed by atoms with Gasteiger partial charge in [0.1, 0.15) is 17.1 Å². The van der Waals surface area contributed by atoms with Gasteiger partial charge in [-0.2, -0.15) is 0 Å². The molecule has 7 heteroatoms. The van der Waals surface area contributed by atoms with Gasteiger partial charge in [-0.1, -0.05) is 18.2 Å². The Labute approximate surface area is 119 Å². The number of nitro groups is 1. The standard InChI is InChI=1S/C14H12FN3O3/c1-17(9-5-3-2-4-6-9)14(19)12-10(15)7-8-11(13(12)16)18(20)21/h2-8H,16H2,1H3. The first-order valence-electron chi connectivity index (χ1n) is 5.99. The number of para-hydroxylation sites is 1. The predicted octanol–water partition coefficient (Wildman–Crippen LogP) is 2.59. The van der Waals surface area contributed by atoms with Crippen LogP contribution in [-0.2, 0) is 0 Å². The molecule has 0 aromatic heterocycles. The molecular formula is C14H12FN3O3. The van der Waals surface area contributed by atoms with Crippen molar-refractivity contribution in [2.75, 3.05) is 17.7 Å². The van der Waals surface area contributed by atoms with Gasteiger partial charge in [-0.05, 0) is 18.2 Å². The zero-order valence-corrected chi connectivity index (χ0v) is 11.1. The van der Waals surface area contributed by atoms with Gasteiger partial charge in [0, 0.05) is 18.8 Å². The van der Waals surface area contributed by atoms with Crippen LogP contribution in [0.1, 0.15) is 10.4 Å². The van der Waals surface area contributed by atoms with Gasteiger partial charge in [-0.25, -0.2) is 4.39 Å². The number of benzene rings is 2. The highest BCUT2D eigenvalue weighted by Crippen LogP contribution is 2.29. The lowest BCUT2D eigenvalue weighted by Crippen LogP contribution is -2.28. The molecule has 108 valence electrons. The summed E-state index contributed by atoms with van der Waals surface area (Å²) in [7, 11) is 1.44. The quantitative estimate of drug-likeness (QED) is 0.534. The van der Waals surface area contributed by atoms with E-state index >= 15 is 0 Å². The van der Waals surface area contributed by atoms with Gasteiger partial charge >= 0.3 is 0 Å². The minimum absolute atomic E-state index is 0.479. The van der Waals surface area contributed by atoms with E-state index < -0.39 is 33.6 Å². The number of anilines is 2. The van der Waals surface area contributed by atoms with E-state index in [1.54, 1.807) is 30.3 Å². The second-order valence-corrected chi connectivity index (χ2v) is 4.31. The van der Waals surface area contributed by atoms with Crippen LogP contribution < -0.4 is 10.6 Å². The van der Waals surface area contributed by atoms with Gasteiger partial charge in [0.25, 0.3) is 11.6 Å². The molecule has 21 heavy (non-hydrogen) atoms. The molecule has 0 aliphatic carbocycles. The highest BCUT2D eigenvalue weighted by molar-refractivity contribution is 6.10. The summed E-state index contributed by atoms with van der Waals surface area (Å²) in [4.78, 5) is 23.6. The Morgan fingerprint density at radius 3 is 2.43 bits per heavy atom. The number of hydrogen-bond donors (Lipinski definition) is 1. The van der Waals surface area contributed by atoms with Gasteiger partial charge in [0.15, 0.2) is 0 Å². The van der Waals surface area contributed by atoms with E-state index in [0.29, 0.717) is 5.69 Å². The number of nitro benzene ring substituents is 1. The first kappa shape index (κ1) is 14.4. The molecule has 2 aromatic carbocycles. The average Bonchev–Trinajstić information content (AvgIpc) is 2.46. The predicted molar refractivity (Wildman–Crippen MR) is 76.6 cm³/mol. The first-order valence-corrected chi connectivity index (χ1v) is 5.99. The summed E-state index contributed by atoms with van der Waals surface area (Å²) in [6.07, 6.45) is 0. The molecule has 2 N–H and O–H groups in total. The van der Waals surface area contributed by atoms with Gasteiger partial charge in [-0.15, -0.1) is 0 Å². The van der Waals surface area contributed by atoms with Crippen molar-refractivity contribution in [2.45, 2.75) is 0 Å². The van der Waals surface area contributed by atoms with Crippen molar-refractivity contribution in [3.8, 4) is 0 Å². The number of amides is 1. The number of halogens is 1. The lowest BCUT2D eigenvalue weighted by Gasteiger charge is -2.18. The summed E-state index contributed by atoms with van der Waals surface area (Å²) < 4.78 is 13.9. The van der Waals surface area contributed by atoms with E-state index in [9.17, 15) is 19.3 Å². The van der Waals surface area contributed by atoms with Crippen LogP contribution in [0.3, 0.4) is 0 Å². The number of nitrogens with zero attached hydrogens (tertiary/aromatic N) is 2. The van der Waals surface area contributed by atoms with Crippen LogP contribution in [0, 0.1) is 15.9 Å². The lowest BCUT2D eigenvalue weighted by atomic mass is 10.1. The van der Waals surface area contributed by atoms with Crippen LogP contribution in [0.2, 0.25) is 0 Å². The minimum atomic E-state index is -0.897. The number of carbonyl (C=O) groups excluding carboxylic acids is 1. The lowest BCUT2D eigenvalue weighted by molar-refractivity contribution is -0.384. The summed E-state index contributed by atoms with van der Waals surface area (Å²) in [5, 5.41) is 10.8. The minimum Gasteiger partial charge on any atom is -0.392 e. The van der Waals surface area contributed by atoms with E-state index in [0.717, 1.165) is 12.1 Å². The van der Waals surface area contributed by atoms with Crippen LogP contribution in [-0.4, -0.2) is 17.9 Å². The molecule has 0 unspecified atom stereocenters. The average molecular weight is 289 g/mol. The maximum absolute atomic E-state index is 13.9. The number of rotatable bonds is 3. The third-order valence-electron chi connectivity index (χ3n) is 3.03. The fraction of sp³-hybridized carbons (Fsp3) is 0.0714. The molecule has 1 amide bonds. The van der Waals surface area contributed by atoms with Crippen molar-refractivity contribution < 1.29 is 14.1 Å². The number of hydrogen-bond acceptors (Lipinski definition) is 4. The monoisotopic (exact) mass is 289 g/mol. The normalized spacial score (nSPS) is 10.2. The maximum atomic E-state index is 13.9. The Morgan fingerprint density at radius 1 is 1.24 bits per heavy atom. The molecule has 0 aliphatic rings. The molecule has 0 spiro atoms. The van der Waals surface area contributed by atoms with Crippen LogP contribution in [0.15, 0.2) is 42.5 Å². The molecule has 0 saturated carbocycles. The van der Waals surface area contributed by atoms with Crippen molar-refractivity contribution in [3.05, 3.63) is 64.0 Å². The Kier molecular flexibility index (Phi) is 3.84. The zero-order chi connectivity index (χ0) is 15.6. The summed E-state index contributed by atoms with van der Waals surface area (Å²) in [6, 6.07) is 10.3. The molecule has 0 radical (unpaired) electrons. The summed E-state index contributed by atoms with van der Waals surface area (Å²) in [5.74, 6) is -1.65. The third kappa shape index (κ3) is 2.66. The molecular weight excluding hydrogens is 277 g/mol. The van der Waals surface area contributed by atoms with Crippen LogP contribution in [0.25, 0.3) is 0 Å². The van der Waals surface area contributed by atoms with E-state index in [2.05, 4.69) is 0 Å². The van der Waals surface area contributed by atoms with E-state index in [1.807, 2.05) is 0 Å². The molecule has 0 atom stereocenters. The SMILES string of the molecule is CN(C(=O)c1c(F)ccc([N+](=O)[O-])c1N)c1ccccc1. The molecule has 2 aromatic rings. The Bertz CT molecular complexity index is 704. The molecule has 0 saturated heterocycles. The highest BCUT2D eigenvalue weighted by Gasteiger charge is 2.26. The second-order valence-electron chi connectivity index (χ2n) is 4.31. The van der Waals surface area contributed by atoms with E-state index in [1.165, 1.54) is 11.9 Å². The number of nitrogens with two attached hydrogens (primary N) is 1. The molecule has 2 rings (SSSR count). The Balaban J connectivity index is 2.49. The van der Waals surface area contributed by atoms with Crippen molar-refractivity contribution in [2.24, 2.45) is 0 Å². The van der Waals surface area contributed by atoms with Crippen LogP contribution >= 0.6 is 0 Å². The van der Waals surface area contributed by atoms with E-state index in [-0.39, 0.29) is 0 Å². The summed E-state index contributed by atoms with van der Waals surface area (Å²) in [5.41, 5.74) is 4.61. The highest BCUT2D eigenvalue weighted by atomic mass is 19.1. The van der Waals surface area contributed by atoms with Gasteiger partial charge in [-0.3, -0.25) is 14.9 Å². The van der Waals surface area contributed by atoms with Crippen LogP contribution in [0.5, 0.6) is 0 Å². The van der Waals surface area contributed by atoms with Crippen molar-refractivity contribution >= 4 is 23.0 Å². The Hall–Kier alpha value is -2.96. The second kappa shape index (κ2) is 5.58. The number of nitrogen functional groups attached to an aromatic ring is 1. The first-order chi connectivity index (χ1) is 9.93. The smallest absolute Gasteiger partial charge is 0.293 e. The van der Waals surface area contributed by atoms with Crippen LogP contribution in [0.4, 0.5) is 21.5 Å².